The van der Waals surface area contributed by atoms with E-state index < -0.39 is 5.09 Å². The molecule has 0 heterocycles. The van der Waals surface area contributed by atoms with Gasteiger partial charge in [0.25, 0.3) is 5.09 Å². The van der Waals surface area contributed by atoms with Crippen molar-refractivity contribution in [3.63, 3.8) is 0 Å². The Hall–Kier alpha value is -0.112. The van der Waals surface area contributed by atoms with E-state index in [-0.39, 0.29) is 21.1 Å². The molecule has 0 aromatic carbocycles. The molecule has 0 bridgehead atoms. The first-order chi connectivity index (χ1) is 1.73. The Kier molecular flexibility index (Phi) is 6.89. The Balaban J connectivity index is 0. The summed E-state index contributed by atoms with van der Waals surface area (Å²) >= 11 is 0. The van der Waals surface area contributed by atoms with Gasteiger partial charge >= 0.3 is 0 Å². The van der Waals surface area contributed by atoms with Gasteiger partial charge in [0.2, 0.25) is 0 Å². The molecule has 0 atom stereocenters. The van der Waals surface area contributed by atoms with Crippen LogP contribution in [0.5, 0.6) is 0 Å². The van der Waals surface area contributed by atoms with Crippen LogP contribution in [0.2, 0.25) is 0 Å². The third-order valence-corrected chi connectivity index (χ3v) is 0. The van der Waals surface area contributed by atoms with E-state index in [1.54, 1.807) is 0 Å². The first kappa shape index (κ1) is 8.86. The zero-order valence-electron chi connectivity index (χ0n) is 2.12. The summed E-state index contributed by atoms with van der Waals surface area (Å²) in [6, 6.07) is 0. The predicted octanol–water partition coefficient (Wildman–Crippen LogP) is -0.350. The Labute approximate surface area is 42.2 Å². The van der Waals surface area contributed by atoms with E-state index in [2.05, 4.69) is 0 Å². The zero-order valence-corrected chi connectivity index (χ0v) is 5.05. The minimum atomic E-state index is -1.50. The monoisotopic (exact) mass is 247 g/mol. The van der Waals surface area contributed by atoms with Crippen LogP contribution in [0, 0.1) is 10.1 Å². The molecule has 0 saturated heterocycles. The van der Waals surface area contributed by atoms with Gasteiger partial charge in [-0.3, -0.25) is 0 Å². The largest absolute Gasteiger partial charge is 0.328 e. The molecule has 0 unspecified atom stereocenters. The summed E-state index contributed by atoms with van der Waals surface area (Å²) in [4.78, 5) is 8.36. The van der Waals surface area contributed by atoms with Crippen LogP contribution in [0.3, 0.4) is 0 Å². The van der Waals surface area contributed by atoms with E-state index in [1.165, 1.54) is 0 Å². The Morgan fingerprint density at radius 2 is 1.80 bits per heavy atom. The Bertz CT molecular complexity index is 29.9. The maximum Gasteiger partial charge on any atom is 0.291 e. The molecule has 4 nitrogen and oxygen atoms in total. The third-order valence-electron chi connectivity index (χ3n) is 0. The summed E-state index contributed by atoms with van der Waals surface area (Å²) in [6.07, 6.45) is 0. The molecular weight excluding hydrogens is 246 g/mol. The standard InChI is InChI=1S/HNO3.W/c2-1(3)4;/h(H,2,3,4);. The average molecular weight is 247 g/mol. The van der Waals surface area contributed by atoms with Crippen LogP contribution < -0.4 is 0 Å². The van der Waals surface area contributed by atoms with Gasteiger partial charge in [0.05, 0.1) is 0 Å². The minimum absolute atomic E-state index is 0. The number of nitrogens with zero attached hydrogens (tertiary/aromatic N) is 1. The smallest absolute Gasteiger partial charge is 0.291 e. The van der Waals surface area contributed by atoms with Crippen molar-refractivity contribution in [3.05, 3.63) is 10.1 Å². The SMILES string of the molecule is O=[N+]([O-])O.[W]. The number of hydrogen-bond donors (Lipinski definition) is 1. The van der Waals surface area contributed by atoms with Crippen LogP contribution in [0.4, 0.5) is 0 Å². The van der Waals surface area contributed by atoms with Gasteiger partial charge in [-0.1, -0.05) is 0 Å². The second-order valence-electron chi connectivity index (χ2n) is 0.238. The summed E-state index contributed by atoms with van der Waals surface area (Å²) in [6.45, 7) is 0. The molecule has 0 spiro atoms. The molecule has 0 rings (SSSR count). The maximum atomic E-state index is 8.36. The van der Waals surface area contributed by atoms with Crippen LogP contribution in [-0.2, 0) is 21.1 Å². The van der Waals surface area contributed by atoms with E-state index in [1.807, 2.05) is 0 Å². The second kappa shape index (κ2) is 3.89. The second-order valence-corrected chi connectivity index (χ2v) is 0.238. The quantitative estimate of drug-likeness (QED) is 0.470. The van der Waals surface area contributed by atoms with Gasteiger partial charge in [-0.15, -0.1) is 10.1 Å². The van der Waals surface area contributed by atoms with E-state index in [4.69, 9.17) is 15.3 Å². The molecule has 0 aliphatic heterocycles. The molecule has 0 amide bonds. The molecule has 1 N–H and O–H groups in total. The van der Waals surface area contributed by atoms with Crippen molar-refractivity contribution >= 4 is 0 Å². The first-order valence-corrected chi connectivity index (χ1v) is 0.565. The van der Waals surface area contributed by atoms with Crippen LogP contribution in [-0.4, -0.2) is 10.3 Å². The van der Waals surface area contributed by atoms with Crippen molar-refractivity contribution in [2.75, 3.05) is 0 Å². The summed E-state index contributed by atoms with van der Waals surface area (Å²) in [5, 5.41) is 13.6. The fourth-order valence-electron chi connectivity index (χ4n) is 0. The maximum absolute atomic E-state index is 8.36. The van der Waals surface area contributed by atoms with Gasteiger partial charge in [-0.2, -0.15) is 0 Å². The summed E-state index contributed by atoms with van der Waals surface area (Å²) in [5.41, 5.74) is 0. The van der Waals surface area contributed by atoms with Crippen molar-refractivity contribution in [3.8, 4) is 0 Å². The Morgan fingerprint density at radius 1 is 1.80 bits per heavy atom. The predicted molar refractivity (Wildman–Crippen MR) is 8.78 cm³/mol. The minimum Gasteiger partial charge on any atom is -0.328 e. The first-order valence-electron chi connectivity index (χ1n) is 0.565. The van der Waals surface area contributed by atoms with E-state index in [0.29, 0.717) is 0 Å². The molecular formula is HNO3W. The van der Waals surface area contributed by atoms with Crippen LogP contribution in [0.15, 0.2) is 0 Å². The van der Waals surface area contributed by atoms with Gasteiger partial charge < -0.3 is 5.21 Å². The fourth-order valence-corrected chi connectivity index (χ4v) is 0. The third kappa shape index (κ3) is 1110. The fraction of sp³-hybridized carbons (Fsp3) is 0. The molecule has 0 saturated carbocycles. The Morgan fingerprint density at radius 3 is 1.80 bits per heavy atom. The summed E-state index contributed by atoms with van der Waals surface area (Å²) < 4.78 is 0. The zero-order chi connectivity index (χ0) is 3.58. The molecule has 0 radical (unpaired) electrons. The van der Waals surface area contributed by atoms with Crippen molar-refractivity contribution in [1.82, 2.24) is 0 Å². The van der Waals surface area contributed by atoms with Crippen molar-refractivity contribution in [2.24, 2.45) is 0 Å². The number of hydrogen-bond acceptors (Lipinski definition) is 2. The molecule has 0 aromatic heterocycles. The van der Waals surface area contributed by atoms with Gasteiger partial charge in [-0.25, -0.2) is 0 Å². The van der Waals surface area contributed by atoms with E-state index in [9.17, 15) is 0 Å². The van der Waals surface area contributed by atoms with Gasteiger partial charge in [0.15, 0.2) is 0 Å². The van der Waals surface area contributed by atoms with Gasteiger partial charge in [-0.05, 0) is 0 Å². The van der Waals surface area contributed by atoms with E-state index >= 15 is 0 Å². The summed E-state index contributed by atoms with van der Waals surface area (Å²) in [7, 11) is 0. The molecule has 0 fully saturated rings. The average Bonchev–Trinajstić information content (AvgIpc) is 0.811. The van der Waals surface area contributed by atoms with E-state index in [0.717, 1.165) is 0 Å². The van der Waals surface area contributed by atoms with Gasteiger partial charge in [0.1, 0.15) is 0 Å². The normalized spacial score (nSPS) is 4.80. The molecule has 0 aliphatic rings. The van der Waals surface area contributed by atoms with Crippen molar-refractivity contribution < 1.29 is 31.4 Å². The number of rotatable bonds is 0. The molecule has 30 valence electrons. The molecule has 0 aromatic rings. The molecule has 5 heteroatoms. The molecule has 5 heavy (non-hydrogen) atoms. The molecule has 0 aliphatic carbocycles. The summed E-state index contributed by atoms with van der Waals surface area (Å²) in [5.74, 6) is 0. The van der Waals surface area contributed by atoms with Crippen LogP contribution >= 0.6 is 0 Å². The van der Waals surface area contributed by atoms with Crippen LogP contribution in [0.1, 0.15) is 0 Å². The van der Waals surface area contributed by atoms with Crippen molar-refractivity contribution in [2.45, 2.75) is 0 Å². The van der Waals surface area contributed by atoms with Crippen molar-refractivity contribution in [1.29, 1.82) is 0 Å². The van der Waals surface area contributed by atoms with Crippen LogP contribution in [0.25, 0.3) is 0 Å². The topological polar surface area (TPSA) is 63.4 Å². The van der Waals surface area contributed by atoms with Gasteiger partial charge in [0, 0.05) is 21.1 Å².